The van der Waals surface area contributed by atoms with Crippen LogP contribution in [0.25, 0.3) is 0 Å². The number of carbonyl (C=O) groups excluding carboxylic acids is 1. The SMILES string of the molecule is N#Cc1ccc(Nc2ccc(C(=O)NCCCc3ccccc3)nc2)cc1. The maximum absolute atomic E-state index is 12.2. The van der Waals surface area contributed by atoms with Crippen LogP contribution in [0.15, 0.2) is 72.9 Å². The number of pyridine rings is 1. The number of aryl methyl sites for hydroxylation is 1. The van der Waals surface area contributed by atoms with Gasteiger partial charge in [-0.2, -0.15) is 5.26 Å². The molecule has 0 radical (unpaired) electrons. The zero-order valence-electron chi connectivity index (χ0n) is 14.9. The molecule has 0 bridgehead atoms. The minimum Gasteiger partial charge on any atom is -0.354 e. The number of nitrogens with one attached hydrogen (secondary N) is 2. The predicted molar refractivity (Wildman–Crippen MR) is 106 cm³/mol. The highest BCUT2D eigenvalue weighted by molar-refractivity contribution is 5.92. The van der Waals surface area contributed by atoms with E-state index >= 15 is 0 Å². The van der Waals surface area contributed by atoms with Gasteiger partial charge in [0, 0.05) is 12.2 Å². The Hall–Kier alpha value is -3.65. The zero-order chi connectivity index (χ0) is 18.9. The van der Waals surface area contributed by atoms with Gasteiger partial charge in [0.15, 0.2) is 0 Å². The third-order valence-electron chi connectivity index (χ3n) is 4.07. The Balaban J connectivity index is 1.47. The fraction of sp³-hybridized carbons (Fsp3) is 0.136. The summed E-state index contributed by atoms with van der Waals surface area (Å²) in [5.74, 6) is -0.173. The lowest BCUT2D eigenvalue weighted by Gasteiger charge is -2.08. The summed E-state index contributed by atoms with van der Waals surface area (Å²) < 4.78 is 0. The number of nitriles is 1. The van der Waals surface area contributed by atoms with Gasteiger partial charge in [-0.3, -0.25) is 4.79 Å². The van der Waals surface area contributed by atoms with Gasteiger partial charge in [0.2, 0.25) is 0 Å². The summed E-state index contributed by atoms with van der Waals surface area (Å²) in [5.41, 5.74) is 3.90. The zero-order valence-corrected chi connectivity index (χ0v) is 14.9. The second-order valence-corrected chi connectivity index (χ2v) is 6.09. The summed E-state index contributed by atoms with van der Waals surface area (Å²) in [5, 5.41) is 14.9. The number of hydrogen-bond acceptors (Lipinski definition) is 4. The molecule has 0 aliphatic rings. The molecule has 5 heteroatoms. The Kier molecular flexibility index (Phi) is 6.16. The van der Waals surface area contributed by atoms with Gasteiger partial charge < -0.3 is 10.6 Å². The average Bonchev–Trinajstić information content (AvgIpc) is 2.73. The monoisotopic (exact) mass is 356 g/mol. The Bertz CT molecular complexity index is 913. The van der Waals surface area contributed by atoms with Crippen LogP contribution in [0.5, 0.6) is 0 Å². The van der Waals surface area contributed by atoms with Gasteiger partial charge in [0.25, 0.3) is 5.91 Å². The molecule has 0 saturated carbocycles. The first-order valence-electron chi connectivity index (χ1n) is 8.80. The number of nitrogens with zero attached hydrogens (tertiary/aromatic N) is 2. The Morgan fingerprint density at radius 3 is 2.37 bits per heavy atom. The van der Waals surface area contributed by atoms with Crippen molar-refractivity contribution < 1.29 is 4.79 Å². The number of anilines is 2. The van der Waals surface area contributed by atoms with E-state index in [2.05, 4.69) is 33.8 Å². The molecule has 1 aromatic heterocycles. The molecule has 0 fully saturated rings. The van der Waals surface area contributed by atoms with E-state index in [0.29, 0.717) is 17.8 Å². The molecule has 0 saturated heterocycles. The van der Waals surface area contributed by atoms with Crippen LogP contribution in [-0.4, -0.2) is 17.4 Å². The van der Waals surface area contributed by atoms with Crippen molar-refractivity contribution in [1.82, 2.24) is 10.3 Å². The number of carbonyl (C=O) groups is 1. The Morgan fingerprint density at radius 1 is 0.963 bits per heavy atom. The molecule has 1 heterocycles. The fourth-order valence-electron chi connectivity index (χ4n) is 2.63. The quantitative estimate of drug-likeness (QED) is 0.626. The van der Waals surface area contributed by atoms with E-state index in [1.165, 1.54) is 5.56 Å². The van der Waals surface area contributed by atoms with E-state index in [4.69, 9.17) is 5.26 Å². The molecule has 0 aliphatic heterocycles. The summed E-state index contributed by atoms with van der Waals surface area (Å²) in [6, 6.07) is 22.9. The van der Waals surface area contributed by atoms with Crippen LogP contribution in [0.1, 0.15) is 28.0 Å². The number of hydrogen-bond donors (Lipinski definition) is 2. The minimum atomic E-state index is -0.173. The smallest absolute Gasteiger partial charge is 0.269 e. The first kappa shape index (κ1) is 18.2. The molecule has 27 heavy (non-hydrogen) atoms. The van der Waals surface area contributed by atoms with Gasteiger partial charge in [-0.25, -0.2) is 4.98 Å². The Morgan fingerprint density at radius 2 is 1.70 bits per heavy atom. The summed E-state index contributed by atoms with van der Waals surface area (Å²) >= 11 is 0. The molecular weight excluding hydrogens is 336 g/mol. The van der Waals surface area contributed by atoms with Gasteiger partial charge in [0.05, 0.1) is 23.5 Å². The van der Waals surface area contributed by atoms with Crippen molar-refractivity contribution in [2.24, 2.45) is 0 Å². The second-order valence-electron chi connectivity index (χ2n) is 6.09. The van der Waals surface area contributed by atoms with Crippen LogP contribution in [-0.2, 0) is 6.42 Å². The maximum Gasteiger partial charge on any atom is 0.269 e. The highest BCUT2D eigenvalue weighted by atomic mass is 16.1. The predicted octanol–water partition coefficient (Wildman–Crippen LogP) is 4.06. The summed E-state index contributed by atoms with van der Waals surface area (Å²) in [7, 11) is 0. The summed E-state index contributed by atoms with van der Waals surface area (Å²) in [4.78, 5) is 16.4. The van der Waals surface area contributed by atoms with E-state index in [9.17, 15) is 4.79 Å². The number of benzene rings is 2. The molecule has 3 aromatic rings. The highest BCUT2D eigenvalue weighted by Gasteiger charge is 2.06. The maximum atomic E-state index is 12.2. The van der Waals surface area contributed by atoms with E-state index in [1.807, 2.05) is 36.4 Å². The van der Waals surface area contributed by atoms with Crippen LogP contribution in [0.3, 0.4) is 0 Å². The lowest BCUT2D eigenvalue weighted by Crippen LogP contribution is -2.25. The highest BCUT2D eigenvalue weighted by Crippen LogP contribution is 2.16. The van der Waals surface area contributed by atoms with Gasteiger partial charge in [-0.05, 0) is 54.8 Å². The Labute approximate surface area is 158 Å². The summed E-state index contributed by atoms with van der Waals surface area (Å²) in [6.07, 6.45) is 3.44. The van der Waals surface area contributed by atoms with Gasteiger partial charge in [0.1, 0.15) is 5.69 Å². The van der Waals surface area contributed by atoms with Crippen molar-refractivity contribution >= 4 is 17.3 Å². The van der Waals surface area contributed by atoms with E-state index in [-0.39, 0.29) is 5.91 Å². The topological polar surface area (TPSA) is 77.8 Å². The normalized spacial score (nSPS) is 10.0. The molecule has 0 atom stereocenters. The van der Waals surface area contributed by atoms with E-state index < -0.39 is 0 Å². The van der Waals surface area contributed by atoms with Crippen LogP contribution in [0.2, 0.25) is 0 Å². The standard InChI is InChI=1S/C22H20N4O/c23-15-18-8-10-19(11-9-18)26-20-12-13-21(25-16-20)22(27)24-14-4-7-17-5-2-1-3-6-17/h1-3,5-6,8-13,16,26H,4,7,14H2,(H,24,27). The lowest BCUT2D eigenvalue weighted by atomic mass is 10.1. The molecule has 0 unspecified atom stereocenters. The first-order valence-corrected chi connectivity index (χ1v) is 8.80. The number of aromatic nitrogens is 1. The second kappa shape index (κ2) is 9.16. The first-order chi connectivity index (χ1) is 13.2. The van der Waals surface area contributed by atoms with Gasteiger partial charge >= 0.3 is 0 Å². The van der Waals surface area contributed by atoms with Gasteiger partial charge in [-0.1, -0.05) is 30.3 Å². The molecule has 3 rings (SSSR count). The van der Waals surface area contributed by atoms with Crippen molar-refractivity contribution in [1.29, 1.82) is 5.26 Å². The largest absolute Gasteiger partial charge is 0.354 e. The molecule has 0 spiro atoms. The van der Waals surface area contributed by atoms with Crippen molar-refractivity contribution in [3.63, 3.8) is 0 Å². The average molecular weight is 356 g/mol. The molecule has 5 nitrogen and oxygen atoms in total. The third kappa shape index (κ3) is 5.41. The van der Waals surface area contributed by atoms with Crippen LogP contribution < -0.4 is 10.6 Å². The van der Waals surface area contributed by atoms with Crippen LogP contribution in [0.4, 0.5) is 11.4 Å². The fourth-order valence-corrected chi connectivity index (χ4v) is 2.63. The molecule has 2 aromatic carbocycles. The van der Waals surface area contributed by atoms with Crippen molar-refractivity contribution in [3.8, 4) is 6.07 Å². The third-order valence-corrected chi connectivity index (χ3v) is 4.07. The van der Waals surface area contributed by atoms with Crippen molar-refractivity contribution in [2.45, 2.75) is 12.8 Å². The lowest BCUT2D eigenvalue weighted by molar-refractivity contribution is 0.0948. The van der Waals surface area contributed by atoms with E-state index in [0.717, 1.165) is 24.2 Å². The molecule has 1 amide bonds. The van der Waals surface area contributed by atoms with Crippen LogP contribution >= 0.6 is 0 Å². The van der Waals surface area contributed by atoms with Crippen molar-refractivity contribution in [2.75, 3.05) is 11.9 Å². The summed E-state index contributed by atoms with van der Waals surface area (Å²) in [6.45, 7) is 0.612. The van der Waals surface area contributed by atoms with Crippen molar-refractivity contribution in [3.05, 3.63) is 89.7 Å². The molecule has 2 N–H and O–H groups in total. The minimum absolute atomic E-state index is 0.173. The molecular formula is C22H20N4O. The van der Waals surface area contributed by atoms with Gasteiger partial charge in [-0.15, -0.1) is 0 Å². The molecule has 134 valence electrons. The van der Waals surface area contributed by atoms with E-state index in [1.54, 1.807) is 24.4 Å². The number of rotatable bonds is 7. The molecule has 0 aliphatic carbocycles. The number of amides is 1. The van der Waals surface area contributed by atoms with Crippen LogP contribution in [0, 0.1) is 11.3 Å².